The van der Waals surface area contributed by atoms with Crippen LogP contribution in [0, 0.1) is 6.92 Å². The second-order valence-electron chi connectivity index (χ2n) is 4.05. The van der Waals surface area contributed by atoms with Crippen molar-refractivity contribution in [1.82, 2.24) is 19.9 Å². The molecule has 0 unspecified atom stereocenters. The highest BCUT2D eigenvalue weighted by Gasteiger charge is 2.08. The van der Waals surface area contributed by atoms with Gasteiger partial charge in [-0.3, -0.25) is 0 Å². The Morgan fingerprint density at radius 3 is 2.50 bits per heavy atom. The van der Waals surface area contributed by atoms with E-state index in [-0.39, 0.29) is 0 Å². The van der Waals surface area contributed by atoms with Crippen LogP contribution in [0.5, 0.6) is 0 Å². The highest BCUT2D eigenvalue weighted by atomic mass is 15.3. The number of hydrogen-bond donors (Lipinski definition) is 2. The van der Waals surface area contributed by atoms with Gasteiger partial charge in [0.2, 0.25) is 0 Å². The molecule has 2 aromatic rings. The van der Waals surface area contributed by atoms with Crippen LogP contribution in [-0.4, -0.2) is 19.9 Å². The minimum atomic E-state index is 0.494. The van der Waals surface area contributed by atoms with E-state index in [1.807, 2.05) is 13.0 Å². The van der Waals surface area contributed by atoms with Gasteiger partial charge in [0.25, 0.3) is 0 Å². The van der Waals surface area contributed by atoms with Crippen molar-refractivity contribution in [2.45, 2.75) is 26.7 Å². The minimum Gasteiger partial charge on any atom is -0.308 e. The Balaban J connectivity index is 2.42. The molecule has 0 saturated carbocycles. The summed E-state index contributed by atoms with van der Waals surface area (Å²) in [6.07, 6.45) is 5.37. The highest BCUT2D eigenvalue weighted by Crippen LogP contribution is 2.14. The maximum absolute atomic E-state index is 5.40. The van der Waals surface area contributed by atoms with Crippen molar-refractivity contribution in [3.8, 4) is 11.6 Å². The minimum absolute atomic E-state index is 0.494. The fraction of sp³-hybridized carbons (Fsp3) is 0.333. The fourth-order valence-electron chi connectivity index (χ4n) is 1.56. The van der Waals surface area contributed by atoms with E-state index in [9.17, 15) is 0 Å². The number of hydrazine groups is 1. The van der Waals surface area contributed by atoms with Crippen LogP contribution in [0.1, 0.15) is 24.6 Å². The molecule has 6 heteroatoms. The standard InChI is InChI=1S/C12H16N6/c1-3-4-9-5-10(18-13)17-12(16-9)11-14-6-8(2)7-15-11/h5-7H,3-4,13H2,1-2H3,(H,16,17,18). The SMILES string of the molecule is CCCc1cc(NN)nc(-c2ncc(C)cn2)n1. The van der Waals surface area contributed by atoms with Gasteiger partial charge >= 0.3 is 0 Å². The quantitative estimate of drug-likeness (QED) is 0.625. The molecule has 0 aliphatic carbocycles. The van der Waals surface area contributed by atoms with Crippen molar-refractivity contribution >= 4 is 5.82 Å². The monoisotopic (exact) mass is 244 g/mol. The number of aryl methyl sites for hydroxylation is 2. The van der Waals surface area contributed by atoms with Gasteiger partial charge in [0.15, 0.2) is 11.6 Å². The van der Waals surface area contributed by atoms with E-state index in [1.54, 1.807) is 12.4 Å². The Bertz CT molecular complexity index is 523. The zero-order chi connectivity index (χ0) is 13.0. The van der Waals surface area contributed by atoms with Gasteiger partial charge in [-0.1, -0.05) is 13.3 Å². The van der Waals surface area contributed by atoms with Crippen LogP contribution in [0.4, 0.5) is 5.82 Å². The molecule has 2 rings (SSSR count). The molecule has 0 spiro atoms. The molecule has 0 bridgehead atoms. The van der Waals surface area contributed by atoms with Crippen LogP contribution in [0.25, 0.3) is 11.6 Å². The third-order valence-electron chi connectivity index (χ3n) is 2.41. The molecule has 0 fully saturated rings. The summed E-state index contributed by atoms with van der Waals surface area (Å²) in [6.45, 7) is 4.03. The molecule has 2 aromatic heterocycles. The molecular weight excluding hydrogens is 228 g/mol. The first-order chi connectivity index (χ1) is 8.72. The topological polar surface area (TPSA) is 89.6 Å². The number of anilines is 1. The van der Waals surface area contributed by atoms with Gasteiger partial charge in [-0.25, -0.2) is 25.8 Å². The summed E-state index contributed by atoms with van der Waals surface area (Å²) in [6, 6.07) is 1.83. The Morgan fingerprint density at radius 1 is 1.17 bits per heavy atom. The normalized spacial score (nSPS) is 10.4. The summed E-state index contributed by atoms with van der Waals surface area (Å²) >= 11 is 0. The molecule has 2 heterocycles. The zero-order valence-electron chi connectivity index (χ0n) is 10.5. The van der Waals surface area contributed by atoms with Gasteiger partial charge in [-0.05, 0) is 18.9 Å². The van der Waals surface area contributed by atoms with Gasteiger partial charge in [0.1, 0.15) is 5.82 Å². The summed E-state index contributed by atoms with van der Waals surface area (Å²) in [4.78, 5) is 17.1. The van der Waals surface area contributed by atoms with Gasteiger partial charge in [0, 0.05) is 24.2 Å². The van der Waals surface area contributed by atoms with E-state index in [0.29, 0.717) is 17.5 Å². The first kappa shape index (κ1) is 12.4. The highest BCUT2D eigenvalue weighted by molar-refractivity contribution is 5.48. The van der Waals surface area contributed by atoms with Crippen molar-refractivity contribution < 1.29 is 0 Å². The maximum atomic E-state index is 5.40. The number of nitrogens with zero attached hydrogens (tertiary/aromatic N) is 4. The summed E-state index contributed by atoms with van der Waals surface area (Å²) in [5, 5.41) is 0. The van der Waals surface area contributed by atoms with Crippen LogP contribution < -0.4 is 11.3 Å². The molecule has 0 saturated heterocycles. The lowest BCUT2D eigenvalue weighted by Crippen LogP contribution is -2.11. The third kappa shape index (κ3) is 2.78. The number of nitrogens with two attached hydrogens (primary N) is 1. The maximum Gasteiger partial charge on any atom is 0.199 e. The summed E-state index contributed by atoms with van der Waals surface area (Å²) in [5.74, 6) is 6.99. The molecule has 0 amide bonds. The molecule has 6 nitrogen and oxygen atoms in total. The lowest BCUT2D eigenvalue weighted by atomic mass is 10.2. The average molecular weight is 244 g/mol. The lowest BCUT2D eigenvalue weighted by Gasteiger charge is -2.06. The summed E-state index contributed by atoms with van der Waals surface area (Å²) < 4.78 is 0. The van der Waals surface area contributed by atoms with E-state index >= 15 is 0 Å². The average Bonchev–Trinajstić information content (AvgIpc) is 2.39. The van der Waals surface area contributed by atoms with Crippen LogP contribution in [0.2, 0.25) is 0 Å². The van der Waals surface area contributed by atoms with Gasteiger partial charge in [-0.2, -0.15) is 0 Å². The second-order valence-corrected chi connectivity index (χ2v) is 4.05. The van der Waals surface area contributed by atoms with Crippen LogP contribution in [0.15, 0.2) is 18.5 Å². The smallest absolute Gasteiger partial charge is 0.199 e. The van der Waals surface area contributed by atoms with E-state index in [0.717, 1.165) is 24.1 Å². The number of aromatic nitrogens is 4. The molecule has 18 heavy (non-hydrogen) atoms. The van der Waals surface area contributed by atoms with Crippen molar-refractivity contribution in [3.63, 3.8) is 0 Å². The van der Waals surface area contributed by atoms with Gasteiger partial charge < -0.3 is 5.43 Å². The van der Waals surface area contributed by atoms with Crippen LogP contribution in [0.3, 0.4) is 0 Å². The largest absolute Gasteiger partial charge is 0.308 e. The number of rotatable bonds is 4. The number of nitrogen functional groups attached to an aromatic ring is 1. The summed E-state index contributed by atoms with van der Waals surface area (Å²) in [5.41, 5.74) is 4.47. The second kappa shape index (κ2) is 5.50. The van der Waals surface area contributed by atoms with E-state index in [4.69, 9.17) is 5.84 Å². The molecule has 0 aromatic carbocycles. The third-order valence-corrected chi connectivity index (χ3v) is 2.41. The fourth-order valence-corrected chi connectivity index (χ4v) is 1.56. The van der Waals surface area contributed by atoms with Crippen LogP contribution in [-0.2, 0) is 6.42 Å². The Kier molecular flexibility index (Phi) is 3.78. The van der Waals surface area contributed by atoms with E-state index in [2.05, 4.69) is 32.3 Å². The Labute approximate surface area is 106 Å². The van der Waals surface area contributed by atoms with Gasteiger partial charge in [0.05, 0.1) is 0 Å². The molecule has 0 aliphatic rings. The van der Waals surface area contributed by atoms with Gasteiger partial charge in [-0.15, -0.1) is 0 Å². The predicted octanol–water partition coefficient (Wildman–Crippen LogP) is 1.48. The van der Waals surface area contributed by atoms with E-state index < -0.39 is 0 Å². The number of hydrogen-bond acceptors (Lipinski definition) is 6. The molecular formula is C12H16N6. The van der Waals surface area contributed by atoms with Crippen LogP contribution >= 0.6 is 0 Å². The van der Waals surface area contributed by atoms with Crippen molar-refractivity contribution in [1.29, 1.82) is 0 Å². The van der Waals surface area contributed by atoms with Crippen molar-refractivity contribution in [3.05, 3.63) is 29.7 Å². The molecule has 3 N–H and O–H groups in total. The lowest BCUT2D eigenvalue weighted by molar-refractivity contribution is 0.871. The van der Waals surface area contributed by atoms with Crippen molar-refractivity contribution in [2.24, 2.45) is 5.84 Å². The summed E-state index contributed by atoms with van der Waals surface area (Å²) in [7, 11) is 0. The van der Waals surface area contributed by atoms with E-state index in [1.165, 1.54) is 0 Å². The van der Waals surface area contributed by atoms with Crippen molar-refractivity contribution in [2.75, 3.05) is 5.43 Å². The zero-order valence-corrected chi connectivity index (χ0v) is 10.5. The Hall–Kier alpha value is -2.08. The Morgan fingerprint density at radius 2 is 1.89 bits per heavy atom. The first-order valence-corrected chi connectivity index (χ1v) is 5.86. The first-order valence-electron chi connectivity index (χ1n) is 5.86. The number of nitrogens with one attached hydrogen (secondary N) is 1. The predicted molar refractivity (Wildman–Crippen MR) is 69.6 cm³/mol. The molecule has 0 radical (unpaired) electrons. The molecule has 94 valence electrons. The molecule has 0 aliphatic heterocycles. The molecule has 0 atom stereocenters.